The van der Waals surface area contributed by atoms with Crippen LogP contribution in [0.15, 0.2) is 0 Å². The Kier molecular flexibility index (Phi) is 9.87. The van der Waals surface area contributed by atoms with Gasteiger partial charge in [0.05, 0.1) is 19.1 Å². The average molecular weight is 306 g/mol. The van der Waals surface area contributed by atoms with Crippen LogP contribution in [0.25, 0.3) is 0 Å². The molecule has 0 aromatic rings. The maximum Gasteiger partial charge on any atom is 0.336 e. The second-order valence-corrected chi connectivity index (χ2v) is 4.68. The highest BCUT2D eigenvalue weighted by molar-refractivity contribution is 7.85. The Labute approximate surface area is 107 Å². The van der Waals surface area contributed by atoms with Gasteiger partial charge in [0.25, 0.3) is 10.1 Å². The monoisotopic (exact) mass is 306 g/mol. The molecule has 0 radical (unpaired) electrons. The SMILES string of the molecule is CS(=O)(=O)O.O.O=C(O)CC(O)(CC(=O)O)C(=O)O. The van der Waals surface area contributed by atoms with Crippen LogP contribution >= 0.6 is 0 Å². The maximum absolute atomic E-state index is 10.3. The first-order valence-corrected chi connectivity index (χ1v) is 5.94. The normalized spacial score (nSPS) is 10.5. The molecule has 0 aliphatic carbocycles. The van der Waals surface area contributed by atoms with Gasteiger partial charge < -0.3 is 25.9 Å². The molecule has 0 bridgehead atoms. The van der Waals surface area contributed by atoms with Crippen LogP contribution in [0.3, 0.4) is 0 Å². The molecule has 114 valence electrons. The summed E-state index contributed by atoms with van der Waals surface area (Å²) in [7, 11) is -3.67. The quantitative estimate of drug-likeness (QED) is 0.334. The third-order valence-electron chi connectivity index (χ3n) is 1.29. The van der Waals surface area contributed by atoms with Crippen LogP contribution in [0.4, 0.5) is 0 Å². The first kappa shape index (κ1) is 22.4. The smallest absolute Gasteiger partial charge is 0.336 e. The Balaban J connectivity index is -0.000000366. The molecule has 0 aliphatic heterocycles. The van der Waals surface area contributed by atoms with E-state index in [-0.39, 0.29) is 5.48 Å². The van der Waals surface area contributed by atoms with Crippen molar-refractivity contribution >= 4 is 28.0 Å². The summed E-state index contributed by atoms with van der Waals surface area (Å²) in [5, 5.41) is 33.8. The lowest BCUT2D eigenvalue weighted by Gasteiger charge is -2.18. The Hall–Kier alpha value is -1.76. The molecule has 0 amide bonds. The summed E-state index contributed by atoms with van der Waals surface area (Å²) in [6, 6.07) is 0. The summed E-state index contributed by atoms with van der Waals surface area (Å²) in [6.07, 6.45) is -1.57. The molecule has 19 heavy (non-hydrogen) atoms. The fourth-order valence-corrected chi connectivity index (χ4v) is 0.714. The molecule has 7 N–H and O–H groups in total. The van der Waals surface area contributed by atoms with Crippen molar-refractivity contribution in [3.63, 3.8) is 0 Å². The van der Waals surface area contributed by atoms with Crippen LogP contribution < -0.4 is 0 Å². The largest absolute Gasteiger partial charge is 0.481 e. The van der Waals surface area contributed by atoms with Crippen molar-refractivity contribution in [1.82, 2.24) is 0 Å². The summed E-state index contributed by atoms with van der Waals surface area (Å²) >= 11 is 0. The number of aliphatic hydroxyl groups is 1. The number of aliphatic carboxylic acids is 3. The summed E-state index contributed by atoms with van der Waals surface area (Å²) < 4.78 is 25.9. The minimum Gasteiger partial charge on any atom is -0.481 e. The van der Waals surface area contributed by atoms with Gasteiger partial charge in [0.15, 0.2) is 5.60 Å². The van der Waals surface area contributed by atoms with Gasteiger partial charge in [0.1, 0.15) is 0 Å². The first-order chi connectivity index (χ1) is 7.78. The summed E-state index contributed by atoms with van der Waals surface area (Å²) in [4.78, 5) is 30.5. The lowest BCUT2D eigenvalue weighted by molar-refractivity contribution is -0.170. The summed E-state index contributed by atoms with van der Waals surface area (Å²) in [6.45, 7) is 0. The molecule has 0 unspecified atom stereocenters. The van der Waals surface area contributed by atoms with Crippen molar-refractivity contribution < 1.29 is 53.3 Å². The fraction of sp³-hybridized carbons (Fsp3) is 0.571. The van der Waals surface area contributed by atoms with Crippen LogP contribution in [0.1, 0.15) is 12.8 Å². The number of rotatable bonds is 5. The second kappa shape index (κ2) is 8.36. The lowest BCUT2D eigenvalue weighted by atomic mass is 9.96. The minimum absolute atomic E-state index is 0. The van der Waals surface area contributed by atoms with E-state index in [0.29, 0.717) is 6.26 Å². The Morgan fingerprint density at radius 2 is 1.21 bits per heavy atom. The predicted octanol–water partition coefficient (Wildman–Crippen LogP) is -2.57. The van der Waals surface area contributed by atoms with Gasteiger partial charge in [-0.3, -0.25) is 14.1 Å². The van der Waals surface area contributed by atoms with Crippen LogP contribution in [-0.4, -0.2) is 68.6 Å². The van der Waals surface area contributed by atoms with Crippen LogP contribution in [0.5, 0.6) is 0 Å². The molecular weight excluding hydrogens is 292 g/mol. The van der Waals surface area contributed by atoms with Crippen LogP contribution in [0.2, 0.25) is 0 Å². The zero-order valence-corrected chi connectivity index (χ0v) is 10.4. The Morgan fingerprint density at radius 1 is 1.00 bits per heavy atom. The Morgan fingerprint density at radius 3 is 1.32 bits per heavy atom. The van der Waals surface area contributed by atoms with Gasteiger partial charge in [-0.2, -0.15) is 8.42 Å². The van der Waals surface area contributed by atoms with E-state index in [1.54, 1.807) is 0 Å². The van der Waals surface area contributed by atoms with Gasteiger partial charge in [-0.15, -0.1) is 0 Å². The standard InChI is InChI=1S/C6H8O7.CH4O3S.H2O/c7-3(8)1-6(13,5(11)12)2-4(9)10;1-5(2,3)4;/h13H,1-2H2,(H,7,8)(H,9,10)(H,11,12);1H3,(H,2,3,4);1H2. The molecule has 12 heteroatoms. The Bertz CT molecular complexity index is 398. The number of hydrogen-bond acceptors (Lipinski definition) is 6. The number of carboxylic acid groups (broad SMARTS) is 3. The van der Waals surface area contributed by atoms with E-state index in [0.717, 1.165) is 0 Å². The predicted molar refractivity (Wildman–Crippen MR) is 58.2 cm³/mol. The van der Waals surface area contributed by atoms with Crippen molar-refractivity contribution in [2.75, 3.05) is 6.26 Å². The molecule has 0 rings (SSSR count). The topological polar surface area (TPSA) is 218 Å². The molecule has 0 atom stereocenters. The van der Waals surface area contributed by atoms with E-state index >= 15 is 0 Å². The van der Waals surface area contributed by atoms with Gasteiger partial charge in [-0.1, -0.05) is 0 Å². The van der Waals surface area contributed by atoms with Gasteiger partial charge in [-0.05, 0) is 0 Å². The summed E-state index contributed by atoms with van der Waals surface area (Å²) in [5.41, 5.74) is -2.74. The van der Waals surface area contributed by atoms with E-state index in [1.807, 2.05) is 0 Å². The van der Waals surface area contributed by atoms with E-state index < -0.39 is 46.5 Å². The van der Waals surface area contributed by atoms with Gasteiger partial charge in [0, 0.05) is 0 Å². The van der Waals surface area contributed by atoms with E-state index in [2.05, 4.69) is 0 Å². The third kappa shape index (κ3) is 16.2. The van der Waals surface area contributed by atoms with E-state index in [9.17, 15) is 22.8 Å². The number of hydrogen-bond donors (Lipinski definition) is 5. The van der Waals surface area contributed by atoms with Crippen LogP contribution in [-0.2, 0) is 24.5 Å². The van der Waals surface area contributed by atoms with Crippen molar-refractivity contribution in [3.8, 4) is 0 Å². The first-order valence-electron chi connectivity index (χ1n) is 4.10. The fourth-order valence-electron chi connectivity index (χ4n) is 0.714. The molecule has 0 aromatic carbocycles. The molecule has 0 aliphatic rings. The molecular formula is C7H14O11S. The third-order valence-corrected chi connectivity index (χ3v) is 1.29. The molecule has 0 aromatic heterocycles. The molecule has 0 saturated heterocycles. The second-order valence-electron chi connectivity index (χ2n) is 3.21. The van der Waals surface area contributed by atoms with Gasteiger partial charge in [-0.25, -0.2) is 4.79 Å². The van der Waals surface area contributed by atoms with Crippen molar-refractivity contribution in [1.29, 1.82) is 0 Å². The van der Waals surface area contributed by atoms with Gasteiger partial charge in [0.2, 0.25) is 0 Å². The number of carboxylic acids is 3. The highest BCUT2D eigenvalue weighted by Gasteiger charge is 2.40. The maximum atomic E-state index is 10.3. The summed E-state index contributed by atoms with van der Waals surface area (Å²) in [5.74, 6) is -5.02. The molecule has 11 nitrogen and oxygen atoms in total. The minimum atomic E-state index is -3.67. The molecule has 0 fully saturated rings. The van der Waals surface area contributed by atoms with Crippen LogP contribution in [0, 0.1) is 0 Å². The van der Waals surface area contributed by atoms with E-state index in [4.69, 9.17) is 25.0 Å². The van der Waals surface area contributed by atoms with E-state index in [1.165, 1.54) is 0 Å². The lowest BCUT2D eigenvalue weighted by Crippen LogP contribution is -2.42. The highest BCUT2D eigenvalue weighted by atomic mass is 32.2. The zero-order valence-electron chi connectivity index (χ0n) is 9.60. The molecule has 0 saturated carbocycles. The number of carbonyl (C=O) groups is 3. The molecule has 0 heterocycles. The zero-order chi connectivity index (χ0) is 15.1. The molecule has 0 spiro atoms. The van der Waals surface area contributed by atoms with Crippen molar-refractivity contribution in [2.45, 2.75) is 18.4 Å². The van der Waals surface area contributed by atoms with Gasteiger partial charge >= 0.3 is 17.9 Å². The average Bonchev–Trinajstić information content (AvgIpc) is 1.95. The van der Waals surface area contributed by atoms with Crippen molar-refractivity contribution in [2.24, 2.45) is 0 Å². The van der Waals surface area contributed by atoms with Crippen molar-refractivity contribution in [3.05, 3.63) is 0 Å². The highest BCUT2D eigenvalue weighted by Crippen LogP contribution is 2.15.